The SMILES string of the molecule is CN(CCc1ccc(C2=NCCN2)cc1)C(=O)CCN(C)S(=O)(=O)c1ccc([N+](=O)[O-])cc1.O=C(O)C(F)(F)F. The number of amides is 1. The van der Waals surface area contributed by atoms with Gasteiger partial charge in [-0.05, 0) is 24.1 Å². The van der Waals surface area contributed by atoms with E-state index in [1.54, 1.807) is 11.9 Å². The van der Waals surface area contributed by atoms with Crippen molar-refractivity contribution in [3.05, 3.63) is 69.8 Å². The minimum Gasteiger partial charge on any atom is -0.475 e. The highest BCUT2D eigenvalue weighted by atomic mass is 32.2. The maximum atomic E-state index is 12.6. The fraction of sp³-hybridized carbons (Fsp3) is 0.375. The molecule has 0 radical (unpaired) electrons. The number of sulfonamides is 1. The Bertz CT molecular complexity index is 1330. The van der Waals surface area contributed by atoms with Crippen LogP contribution in [0.3, 0.4) is 0 Å². The number of nitro groups is 1. The van der Waals surface area contributed by atoms with Crippen molar-refractivity contribution < 1.29 is 41.2 Å². The molecule has 0 spiro atoms. The molecule has 2 aromatic rings. The van der Waals surface area contributed by atoms with E-state index in [0.717, 1.165) is 46.5 Å². The maximum absolute atomic E-state index is 12.6. The molecule has 2 aromatic carbocycles. The highest BCUT2D eigenvalue weighted by molar-refractivity contribution is 7.89. The second kappa shape index (κ2) is 13.8. The van der Waals surface area contributed by atoms with Crippen molar-refractivity contribution in [1.29, 1.82) is 0 Å². The summed E-state index contributed by atoms with van der Waals surface area (Å²) >= 11 is 0. The molecule has 1 heterocycles. The van der Waals surface area contributed by atoms with E-state index in [-0.39, 0.29) is 29.5 Å². The van der Waals surface area contributed by atoms with E-state index in [1.807, 2.05) is 24.3 Å². The third-order valence-corrected chi connectivity index (χ3v) is 7.57. The molecular formula is C24H28F3N5O7S. The summed E-state index contributed by atoms with van der Waals surface area (Å²) in [6.07, 6.45) is -4.37. The number of hydrogen-bond acceptors (Lipinski definition) is 8. The Kier molecular flexibility index (Phi) is 11.1. The number of aliphatic imine (C=N–C) groups is 1. The number of hydrogen-bond donors (Lipinski definition) is 2. The molecule has 1 aliphatic heterocycles. The van der Waals surface area contributed by atoms with Crippen LogP contribution in [-0.4, -0.2) is 91.8 Å². The number of nitrogens with zero attached hydrogens (tertiary/aromatic N) is 4. The average Bonchev–Trinajstić information content (AvgIpc) is 3.45. The molecule has 0 fully saturated rings. The van der Waals surface area contributed by atoms with E-state index >= 15 is 0 Å². The van der Waals surface area contributed by atoms with Gasteiger partial charge in [0.1, 0.15) is 5.84 Å². The minimum absolute atomic E-state index is 0.00625. The topological polar surface area (TPSA) is 163 Å². The number of carboxylic acid groups (broad SMARTS) is 1. The van der Waals surface area contributed by atoms with Gasteiger partial charge in [0.25, 0.3) is 5.69 Å². The normalized spacial score (nSPS) is 13.1. The van der Waals surface area contributed by atoms with Gasteiger partial charge in [-0.3, -0.25) is 19.9 Å². The molecule has 0 aromatic heterocycles. The molecule has 40 heavy (non-hydrogen) atoms. The highest BCUT2D eigenvalue weighted by Crippen LogP contribution is 2.19. The van der Waals surface area contributed by atoms with Gasteiger partial charge >= 0.3 is 12.1 Å². The highest BCUT2D eigenvalue weighted by Gasteiger charge is 2.38. The van der Waals surface area contributed by atoms with Gasteiger partial charge in [0, 0.05) is 57.8 Å². The number of likely N-dealkylation sites (N-methyl/N-ethyl adjacent to an activating group) is 1. The zero-order chi connectivity index (χ0) is 30.1. The molecule has 2 N–H and O–H groups in total. The number of halogens is 3. The summed E-state index contributed by atoms with van der Waals surface area (Å²) in [6, 6.07) is 12.7. The van der Waals surface area contributed by atoms with Crippen LogP contribution in [0.4, 0.5) is 18.9 Å². The molecule has 16 heteroatoms. The van der Waals surface area contributed by atoms with E-state index in [1.165, 1.54) is 19.2 Å². The van der Waals surface area contributed by atoms with Crippen molar-refractivity contribution in [2.24, 2.45) is 4.99 Å². The molecule has 0 saturated heterocycles. The van der Waals surface area contributed by atoms with Crippen LogP contribution in [0.1, 0.15) is 17.5 Å². The Balaban J connectivity index is 0.000000708. The lowest BCUT2D eigenvalue weighted by atomic mass is 10.1. The van der Waals surface area contributed by atoms with Crippen molar-refractivity contribution in [3.63, 3.8) is 0 Å². The lowest BCUT2D eigenvalue weighted by Crippen LogP contribution is -2.34. The monoisotopic (exact) mass is 587 g/mol. The molecule has 0 aliphatic carbocycles. The zero-order valence-corrected chi connectivity index (χ0v) is 22.4. The lowest BCUT2D eigenvalue weighted by Gasteiger charge is -2.20. The standard InChI is InChI=1S/C22H27N5O5S.C2HF3O2/c1-25(15-11-17-3-5-18(6-4-17)22-23-13-14-24-22)21(28)12-16-26(2)33(31,32)20-9-7-19(8-10-20)27(29)30;3-2(4,5)1(6)7/h3-10H,11-16H2,1-2H3,(H,23,24);(H,6,7). The largest absolute Gasteiger partial charge is 0.490 e. The molecule has 0 atom stereocenters. The number of benzene rings is 2. The molecule has 0 unspecified atom stereocenters. The Labute approximate surface area is 228 Å². The fourth-order valence-corrected chi connectivity index (χ4v) is 4.50. The number of non-ortho nitro benzene ring substituents is 1. The molecule has 0 bridgehead atoms. The molecule has 0 saturated carbocycles. The molecular weight excluding hydrogens is 559 g/mol. The molecule has 1 amide bonds. The third-order valence-electron chi connectivity index (χ3n) is 5.70. The maximum Gasteiger partial charge on any atom is 0.490 e. The van der Waals surface area contributed by atoms with Gasteiger partial charge in [0.05, 0.1) is 16.4 Å². The van der Waals surface area contributed by atoms with E-state index in [0.29, 0.717) is 13.0 Å². The lowest BCUT2D eigenvalue weighted by molar-refractivity contribution is -0.384. The molecule has 218 valence electrons. The van der Waals surface area contributed by atoms with Crippen LogP contribution in [0.15, 0.2) is 58.4 Å². The van der Waals surface area contributed by atoms with Crippen LogP contribution >= 0.6 is 0 Å². The number of nitrogens with one attached hydrogen (secondary N) is 1. The predicted molar refractivity (Wildman–Crippen MR) is 138 cm³/mol. The van der Waals surface area contributed by atoms with E-state index < -0.39 is 27.1 Å². The van der Waals surface area contributed by atoms with Crippen LogP contribution in [-0.2, 0) is 26.0 Å². The Morgan fingerprint density at radius 3 is 2.12 bits per heavy atom. The Hall–Kier alpha value is -4.05. The first-order chi connectivity index (χ1) is 18.6. The number of carbonyl (C=O) groups excluding carboxylic acids is 1. The van der Waals surface area contributed by atoms with E-state index in [4.69, 9.17) is 9.90 Å². The van der Waals surface area contributed by atoms with E-state index in [9.17, 15) is 36.5 Å². The van der Waals surface area contributed by atoms with Crippen LogP contribution in [0.2, 0.25) is 0 Å². The Morgan fingerprint density at radius 2 is 1.65 bits per heavy atom. The number of aliphatic carboxylic acids is 1. The smallest absolute Gasteiger partial charge is 0.475 e. The fourth-order valence-electron chi connectivity index (χ4n) is 3.33. The second-order valence-corrected chi connectivity index (χ2v) is 10.6. The number of carbonyl (C=O) groups is 2. The average molecular weight is 588 g/mol. The molecule has 1 aliphatic rings. The number of nitro benzene ring substituents is 1. The molecule has 12 nitrogen and oxygen atoms in total. The summed E-state index contributed by atoms with van der Waals surface area (Å²) in [7, 11) is -0.767. The van der Waals surface area contributed by atoms with Crippen LogP contribution in [0, 0.1) is 10.1 Å². The van der Waals surface area contributed by atoms with Gasteiger partial charge in [-0.25, -0.2) is 17.5 Å². The van der Waals surface area contributed by atoms with E-state index in [2.05, 4.69) is 10.3 Å². The number of carboxylic acids is 1. The first-order valence-corrected chi connectivity index (χ1v) is 13.2. The summed E-state index contributed by atoms with van der Waals surface area (Å²) in [4.78, 5) is 37.5. The van der Waals surface area contributed by atoms with Crippen molar-refractivity contribution >= 4 is 33.4 Å². The van der Waals surface area contributed by atoms with Crippen molar-refractivity contribution in [2.45, 2.75) is 23.9 Å². The van der Waals surface area contributed by atoms with Gasteiger partial charge < -0.3 is 15.3 Å². The van der Waals surface area contributed by atoms with Gasteiger partial charge in [-0.2, -0.15) is 13.2 Å². The molecule has 3 rings (SSSR count). The van der Waals surface area contributed by atoms with Crippen LogP contribution < -0.4 is 5.32 Å². The number of rotatable bonds is 10. The van der Waals surface area contributed by atoms with Gasteiger partial charge in [-0.1, -0.05) is 24.3 Å². The predicted octanol–water partition coefficient (Wildman–Crippen LogP) is 2.29. The summed E-state index contributed by atoms with van der Waals surface area (Å²) in [5.74, 6) is -2.02. The van der Waals surface area contributed by atoms with Gasteiger partial charge in [0.2, 0.25) is 15.9 Å². The summed E-state index contributed by atoms with van der Waals surface area (Å²) in [5.41, 5.74) is 1.94. The van der Waals surface area contributed by atoms with Crippen LogP contribution in [0.5, 0.6) is 0 Å². The second-order valence-electron chi connectivity index (χ2n) is 8.55. The quantitative estimate of drug-likeness (QED) is 0.316. The summed E-state index contributed by atoms with van der Waals surface area (Å²) in [5, 5.41) is 21.1. The zero-order valence-electron chi connectivity index (χ0n) is 21.6. The number of alkyl halides is 3. The van der Waals surface area contributed by atoms with Crippen molar-refractivity contribution in [3.8, 4) is 0 Å². The van der Waals surface area contributed by atoms with Gasteiger partial charge in [0.15, 0.2) is 0 Å². The minimum atomic E-state index is -5.08. The Morgan fingerprint density at radius 1 is 1.07 bits per heavy atom. The summed E-state index contributed by atoms with van der Waals surface area (Å²) < 4.78 is 58.1. The third kappa shape index (κ3) is 9.30. The first kappa shape index (κ1) is 32.2. The van der Waals surface area contributed by atoms with Crippen molar-refractivity contribution in [1.82, 2.24) is 14.5 Å². The van der Waals surface area contributed by atoms with Gasteiger partial charge in [-0.15, -0.1) is 0 Å². The first-order valence-electron chi connectivity index (χ1n) is 11.8. The number of amidine groups is 1. The van der Waals surface area contributed by atoms with Crippen molar-refractivity contribution in [2.75, 3.05) is 40.3 Å². The summed E-state index contributed by atoms with van der Waals surface area (Å²) in [6.45, 7) is 2.16. The van der Waals surface area contributed by atoms with Crippen LogP contribution in [0.25, 0.3) is 0 Å².